The van der Waals surface area contributed by atoms with E-state index >= 15 is 0 Å². The number of halogens is 1. The number of nitriles is 1. The summed E-state index contributed by atoms with van der Waals surface area (Å²) < 4.78 is 14.4. The lowest BCUT2D eigenvalue weighted by molar-refractivity contribution is -0.113. The number of hydrogen-bond acceptors (Lipinski definition) is 7. The van der Waals surface area contributed by atoms with Crippen LogP contribution in [0.25, 0.3) is 6.08 Å². The van der Waals surface area contributed by atoms with Crippen molar-refractivity contribution in [3.8, 4) is 17.6 Å². The largest absolute Gasteiger partial charge is 0.494 e. The summed E-state index contributed by atoms with van der Waals surface area (Å²) in [6, 6.07) is 31.0. The predicted molar refractivity (Wildman–Crippen MR) is 186 cm³/mol. The Bertz CT molecular complexity index is 2220. The fourth-order valence-corrected chi connectivity index (χ4v) is 6.90. The molecule has 4 aromatic carbocycles. The molecule has 1 aromatic heterocycles. The van der Waals surface area contributed by atoms with Gasteiger partial charge in [0.1, 0.15) is 18.1 Å². The van der Waals surface area contributed by atoms with Crippen LogP contribution in [0.4, 0.5) is 5.69 Å². The number of aromatic nitrogens is 1. The zero-order valence-electron chi connectivity index (χ0n) is 25.6. The average Bonchev–Trinajstić information content (AvgIpc) is 3.38. The summed E-state index contributed by atoms with van der Waals surface area (Å²) in [5.41, 5.74) is 4.21. The molecule has 1 aliphatic rings. The molecule has 1 amide bonds. The normalized spacial score (nSPS) is 14.2. The van der Waals surface area contributed by atoms with Gasteiger partial charge in [-0.15, -0.1) is 0 Å². The van der Waals surface area contributed by atoms with E-state index in [0.717, 1.165) is 16.7 Å². The van der Waals surface area contributed by atoms with Crippen LogP contribution in [0.2, 0.25) is 0 Å². The molecular weight excluding hydrogens is 676 g/mol. The smallest absolute Gasteiger partial charge is 0.271 e. The summed E-state index contributed by atoms with van der Waals surface area (Å²) in [6.45, 7) is 4.48. The van der Waals surface area contributed by atoms with Gasteiger partial charge in [-0.25, -0.2) is 4.99 Å². The van der Waals surface area contributed by atoms with Gasteiger partial charge in [0.25, 0.3) is 11.5 Å². The van der Waals surface area contributed by atoms with Crippen LogP contribution in [0.1, 0.15) is 42.1 Å². The maximum absolute atomic E-state index is 14.1. The van der Waals surface area contributed by atoms with Crippen molar-refractivity contribution < 1.29 is 14.3 Å². The first-order valence-corrected chi connectivity index (χ1v) is 16.5. The zero-order valence-corrected chi connectivity index (χ0v) is 28.0. The highest BCUT2D eigenvalue weighted by atomic mass is 79.9. The van der Waals surface area contributed by atoms with Crippen molar-refractivity contribution in [2.75, 3.05) is 11.9 Å². The van der Waals surface area contributed by atoms with Crippen LogP contribution in [0.15, 0.2) is 123 Å². The maximum Gasteiger partial charge on any atom is 0.271 e. The van der Waals surface area contributed by atoms with Gasteiger partial charge in [0.15, 0.2) is 4.80 Å². The van der Waals surface area contributed by atoms with Gasteiger partial charge in [-0.2, -0.15) is 5.26 Å². The van der Waals surface area contributed by atoms with E-state index in [1.54, 1.807) is 17.6 Å². The third-order valence-electron chi connectivity index (χ3n) is 7.58. The molecule has 2 heterocycles. The molecule has 234 valence electrons. The minimum absolute atomic E-state index is 0.241. The van der Waals surface area contributed by atoms with E-state index in [0.29, 0.717) is 54.4 Å². The molecule has 0 aliphatic carbocycles. The second-order valence-electron chi connectivity index (χ2n) is 10.7. The number of anilines is 1. The van der Waals surface area contributed by atoms with Crippen LogP contribution in [-0.4, -0.2) is 17.1 Å². The summed E-state index contributed by atoms with van der Waals surface area (Å²) in [5.74, 6) is 0.978. The molecular formula is C37H29BrN4O4S. The first kappa shape index (κ1) is 31.7. The predicted octanol–water partition coefficient (Wildman–Crippen LogP) is 6.49. The fourth-order valence-electron chi connectivity index (χ4n) is 5.35. The van der Waals surface area contributed by atoms with Crippen molar-refractivity contribution in [1.82, 2.24) is 4.57 Å². The lowest BCUT2D eigenvalue weighted by Crippen LogP contribution is -2.40. The molecule has 0 radical (unpaired) electrons. The summed E-state index contributed by atoms with van der Waals surface area (Å²) in [6.07, 6.45) is 1.81. The van der Waals surface area contributed by atoms with Crippen molar-refractivity contribution in [3.63, 3.8) is 0 Å². The molecule has 10 heteroatoms. The molecule has 0 fully saturated rings. The third kappa shape index (κ3) is 6.82. The summed E-state index contributed by atoms with van der Waals surface area (Å²) in [4.78, 5) is 33.2. The summed E-state index contributed by atoms with van der Waals surface area (Å²) in [5, 5.41) is 12.4. The van der Waals surface area contributed by atoms with Gasteiger partial charge in [0.2, 0.25) is 0 Å². The Kier molecular flexibility index (Phi) is 9.47. The fraction of sp³-hybridized carbons (Fsp3) is 0.135. The van der Waals surface area contributed by atoms with Gasteiger partial charge in [0.05, 0.1) is 44.6 Å². The number of hydrogen-bond donors (Lipinski definition) is 1. The lowest BCUT2D eigenvalue weighted by Gasteiger charge is -2.25. The number of amides is 1. The molecule has 0 saturated heterocycles. The highest BCUT2D eigenvalue weighted by Crippen LogP contribution is 2.32. The van der Waals surface area contributed by atoms with Crippen molar-refractivity contribution in [3.05, 3.63) is 155 Å². The summed E-state index contributed by atoms with van der Waals surface area (Å²) in [7, 11) is 0. The van der Waals surface area contributed by atoms with Gasteiger partial charge in [-0.3, -0.25) is 14.2 Å². The number of nitrogens with one attached hydrogen (secondary N) is 1. The molecule has 47 heavy (non-hydrogen) atoms. The van der Waals surface area contributed by atoms with Crippen LogP contribution in [-0.2, 0) is 11.4 Å². The number of ether oxygens (including phenoxy) is 2. The highest BCUT2D eigenvalue weighted by Gasteiger charge is 2.32. The molecule has 1 atom stereocenters. The third-order valence-corrected chi connectivity index (χ3v) is 9.18. The number of fused-ring (bicyclic) bond motifs is 1. The number of carbonyl (C=O) groups is 1. The quantitative estimate of drug-likeness (QED) is 0.189. The molecule has 0 bridgehead atoms. The Morgan fingerprint density at radius 2 is 1.79 bits per heavy atom. The molecule has 1 aliphatic heterocycles. The lowest BCUT2D eigenvalue weighted by atomic mass is 9.95. The van der Waals surface area contributed by atoms with E-state index in [-0.39, 0.29) is 18.1 Å². The number of nitrogens with zero attached hydrogens (tertiary/aromatic N) is 3. The van der Waals surface area contributed by atoms with Gasteiger partial charge in [-0.1, -0.05) is 65.9 Å². The van der Waals surface area contributed by atoms with Crippen LogP contribution < -0.4 is 29.7 Å². The van der Waals surface area contributed by atoms with E-state index in [4.69, 9.17) is 14.5 Å². The van der Waals surface area contributed by atoms with E-state index < -0.39 is 6.04 Å². The van der Waals surface area contributed by atoms with Gasteiger partial charge >= 0.3 is 0 Å². The first-order chi connectivity index (χ1) is 22.9. The molecule has 8 nitrogen and oxygen atoms in total. The molecule has 0 spiro atoms. The molecule has 0 unspecified atom stereocenters. The van der Waals surface area contributed by atoms with Crippen LogP contribution in [0, 0.1) is 11.3 Å². The van der Waals surface area contributed by atoms with Crippen LogP contribution in [0.5, 0.6) is 11.5 Å². The number of para-hydroxylation sites is 1. The van der Waals surface area contributed by atoms with Gasteiger partial charge in [-0.05, 0) is 89.4 Å². The Morgan fingerprint density at radius 1 is 1.04 bits per heavy atom. The number of allylic oxidation sites excluding steroid dienone is 1. The average molecular weight is 706 g/mol. The summed E-state index contributed by atoms with van der Waals surface area (Å²) >= 11 is 4.86. The molecule has 5 aromatic rings. The number of thiazole rings is 1. The minimum atomic E-state index is -0.702. The highest BCUT2D eigenvalue weighted by molar-refractivity contribution is 9.10. The Balaban J connectivity index is 1.36. The second-order valence-corrected chi connectivity index (χ2v) is 12.5. The van der Waals surface area contributed by atoms with Gasteiger partial charge < -0.3 is 14.8 Å². The van der Waals surface area contributed by atoms with E-state index in [9.17, 15) is 14.9 Å². The van der Waals surface area contributed by atoms with Crippen molar-refractivity contribution in [2.45, 2.75) is 26.5 Å². The maximum atomic E-state index is 14.1. The Morgan fingerprint density at radius 3 is 2.51 bits per heavy atom. The Labute approximate surface area is 283 Å². The topological polar surface area (TPSA) is 106 Å². The number of benzene rings is 4. The standard InChI is InChI=1S/C37H29BrN4O4S/c1-3-45-29-16-14-25(15-17-29)34-33(35(43)41-28-11-5-4-6-12-28)23(2)40-37-42(34)36(44)32(47-37)20-24-13-18-31(30(38)19-24)46-22-27-10-8-7-9-26(27)21-39/h4-20,34H,3,22H2,1-2H3,(H,41,43)/b32-20+/t34-/m1/s1. The van der Waals surface area contributed by atoms with E-state index in [2.05, 4.69) is 27.3 Å². The van der Waals surface area contributed by atoms with Crippen molar-refractivity contribution in [2.24, 2.45) is 4.99 Å². The monoisotopic (exact) mass is 704 g/mol. The second kappa shape index (κ2) is 14.0. The van der Waals surface area contributed by atoms with Crippen LogP contribution in [0.3, 0.4) is 0 Å². The van der Waals surface area contributed by atoms with Crippen molar-refractivity contribution in [1.29, 1.82) is 5.26 Å². The first-order valence-electron chi connectivity index (χ1n) is 14.9. The van der Waals surface area contributed by atoms with E-state index in [1.807, 2.05) is 104 Å². The van der Waals surface area contributed by atoms with Gasteiger partial charge in [0, 0.05) is 11.3 Å². The minimum Gasteiger partial charge on any atom is -0.494 e. The number of carbonyl (C=O) groups excluding carboxylic acids is 1. The van der Waals surface area contributed by atoms with Crippen LogP contribution >= 0.6 is 27.3 Å². The molecule has 0 saturated carbocycles. The SMILES string of the molecule is CCOc1ccc([C@@H]2C(C(=O)Nc3ccccc3)=C(C)N=c3s/c(=C/c4ccc(OCc5ccccc5C#N)c(Br)c4)c(=O)n32)cc1. The van der Waals surface area contributed by atoms with E-state index in [1.165, 1.54) is 11.3 Å². The number of rotatable bonds is 9. The van der Waals surface area contributed by atoms with Crippen molar-refractivity contribution >= 4 is 44.9 Å². The molecule has 6 rings (SSSR count). The molecule has 1 N–H and O–H groups in total. The zero-order chi connectivity index (χ0) is 32.9. The Hall–Kier alpha value is -5.24.